The number of hydrogen-bond acceptors (Lipinski definition) is 2. The fourth-order valence-corrected chi connectivity index (χ4v) is 1.76. The second kappa shape index (κ2) is 6.31. The first-order valence-corrected chi connectivity index (χ1v) is 6.16. The molecular weight excluding hydrogens is 249 g/mol. The van der Waals surface area contributed by atoms with Crippen LogP contribution in [0.25, 0.3) is 0 Å². The second-order valence-corrected chi connectivity index (χ2v) is 4.52. The molecule has 0 unspecified atom stereocenters. The van der Waals surface area contributed by atoms with Gasteiger partial charge < -0.3 is 10.0 Å². The van der Waals surface area contributed by atoms with Crippen LogP contribution in [0.2, 0.25) is 0 Å². The van der Waals surface area contributed by atoms with E-state index in [4.69, 9.17) is 5.11 Å². The number of amides is 1. The number of aliphatic carboxylic acids is 1. The van der Waals surface area contributed by atoms with Gasteiger partial charge in [-0.2, -0.15) is 0 Å². The van der Waals surface area contributed by atoms with Crippen molar-refractivity contribution >= 4 is 11.9 Å². The Kier molecular flexibility index (Phi) is 5.03. The highest BCUT2D eigenvalue weighted by atomic mass is 19.1. The molecule has 1 amide bonds. The maximum Gasteiger partial charge on any atom is 0.323 e. The second-order valence-electron chi connectivity index (χ2n) is 4.52. The van der Waals surface area contributed by atoms with Crippen LogP contribution in [0, 0.1) is 12.7 Å². The summed E-state index contributed by atoms with van der Waals surface area (Å²) < 4.78 is 13.9. The molecule has 0 aliphatic carbocycles. The third-order valence-corrected chi connectivity index (χ3v) is 3.11. The molecule has 1 aromatic carbocycles. The van der Waals surface area contributed by atoms with E-state index in [2.05, 4.69) is 0 Å². The molecule has 0 heterocycles. The van der Waals surface area contributed by atoms with Crippen LogP contribution in [0.5, 0.6) is 0 Å². The molecule has 104 valence electrons. The van der Waals surface area contributed by atoms with E-state index in [-0.39, 0.29) is 11.6 Å². The number of carboxylic acid groups (broad SMARTS) is 1. The van der Waals surface area contributed by atoms with Gasteiger partial charge in [-0.15, -0.1) is 0 Å². The zero-order valence-corrected chi connectivity index (χ0v) is 11.3. The van der Waals surface area contributed by atoms with E-state index in [1.807, 2.05) is 6.92 Å². The number of aryl methyl sites for hydroxylation is 1. The van der Waals surface area contributed by atoms with Crippen molar-refractivity contribution < 1.29 is 19.1 Å². The zero-order valence-electron chi connectivity index (χ0n) is 11.3. The first-order valence-electron chi connectivity index (χ1n) is 6.16. The number of carbonyl (C=O) groups is 2. The first kappa shape index (κ1) is 15.1. The Balaban J connectivity index is 3.11. The maximum atomic E-state index is 13.9. The van der Waals surface area contributed by atoms with Gasteiger partial charge >= 0.3 is 5.97 Å². The molecule has 0 saturated heterocycles. The van der Waals surface area contributed by atoms with Gasteiger partial charge in [-0.3, -0.25) is 9.59 Å². The third kappa shape index (κ3) is 3.53. The molecule has 5 heteroatoms. The standard InChI is InChI=1S/C14H18FNO3/c1-4-10(3)16(8-12(17)18)14(19)11-7-5-6-9(2)13(11)15/h5-7,10H,4,8H2,1-3H3,(H,17,18)/t10-/m1/s1. The van der Waals surface area contributed by atoms with Gasteiger partial charge in [-0.1, -0.05) is 19.1 Å². The highest BCUT2D eigenvalue weighted by Crippen LogP contribution is 2.16. The fourth-order valence-electron chi connectivity index (χ4n) is 1.76. The van der Waals surface area contributed by atoms with Crippen LogP contribution >= 0.6 is 0 Å². The van der Waals surface area contributed by atoms with Crippen LogP contribution < -0.4 is 0 Å². The van der Waals surface area contributed by atoms with E-state index in [1.54, 1.807) is 26.0 Å². The summed E-state index contributed by atoms with van der Waals surface area (Å²) in [5.74, 6) is -2.29. The summed E-state index contributed by atoms with van der Waals surface area (Å²) in [5.41, 5.74) is 0.284. The Labute approximate surface area is 111 Å². The molecule has 0 aliphatic rings. The number of hydrogen-bond donors (Lipinski definition) is 1. The number of carbonyl (C=O) groups excluding carboxylic acids is 1. The van der Waals surface area contributed by atoms with E-state index in [9.17, 15) is 14.0 Å². The van der Waals surface area contributed by atoms with Gasteiger partial charge in [0.05, 0.1) is 5.56 Å². The first-order chi connectivity index (χ1) is 8.88. The number of nitrogens with zero attached hydrogens (tertiary/aromatic N) is 1. The lowest BCUT2D eigenvalue weighted by atomic mass is 10.1. The molecule has 1 N–H and O–H groups in total. The largest absolute Gasteiger partial charge is 0.480 e. The molecule has 1 atom stereocenters. The number of halogens is 1. The molecule has 0 aromatic heterocycles. The van der Waals surface area contributed by atoms with Gasteiger partial charge in [-0.05, 0) is 31.9 Å². The van der Waals surface area contributed by atoms with Crippen molar-refractivity contribution in [2.75, 3.05) is 6.54 Å². The minimum Gasteiger partial charge on any atom is -0.480 e. The summed E-state index contributed by atoms with van der Waals surface area (Å²) in [4.78, 5) is 24.3. The van der Waals surface area contributed by atoms with Crippen LogP contribution in [-0.4, -0.2) is 34.5 Å². The number of carboxylic acids is 1. The van der Waals surface area contributed by atoms with E-state index in [0.717, 1.165) is 0 Å². The minimum absolute atomic E-state index is 0.0819. The van der Waals surface area contributed by atoms with Crippen molar-refractivity contribution in [1.29, 1.82) is 0 Å². The molecule has 0 bridgehead atoms. The van der Waals surface area contributed by atoms with Crippen LogP contribution in [0.1, 0.15) is 36.2 Å². The average Bonchev–Trinajstić information content (AvgIpc) is 2.37. The van der Waals surface area contributed by atoms with Crippen LogP contribution in [0.4, 0.5) is 4.39 Å². The summed E-state index contributed by atoms with van der Waals surface area (Å²) in [6.45, 7) is 4.73. The highest BCUT2D eigenvalue weighted by molar-refractivity contribution is 5.96. The predicted octanol–water partition coefficient (Wildman–Crippen LogP) is 2.46. The lowest BCUT2D eigenvalue weighted by Crippen LogP contribution is -2.42. The van der Waals surface area contributed by atoms with Crippen molar-refractivity contribution in [2.24, 2.45) is 0 Å². The molecule has 0 radical (unpaired) electrons. The molecule has 0 aliphatic heterocycles. The van der Waals surface area contributed by atoms with E-state index < -0.39 is 24.2 Å². The summed E-state index contributed by atoms with van der Waals surface area (Å²) in [6.07, 6.45) is 0.604. The Bertz CT molecular complexity index is 488. The average molecular weight is 267 g/mol. The topological polar surface area (TPSA) is 57.6 Å². The monoisotopic (exact) mass is 267 g/mol. The quantitative estimate of drug-likeness (QED) is 0.891. The molecule has 4 nitrogen and oxygen atoms in total. The number of rotatable bonds is 5. The summed E-state index contributed by atoms with van der Waals surface area (Å²) in [7, 11) is 0. The van der Waals surface area contributed by atoms with Gasteiger partial charge in [0.25, 0.3) is 5.91 Å². The van der Waals surface area contributed by atoms with E-state index >= 15 is 0 Å². The van der Waals surface area contributed by atoms with Crippen molar-refractivity contribution in [1.82, 2.24) is 4.90 Å². The zero-order chi connectivity index (χ0) is 14.6. The van der Waals surface area contributed by atoms with Crippen molar-refractivity contribution in [3.63, 3.8) is 0 Å². The molecule has 0 spiro atoms. The van der Waals surface area contributed by atoms with Crippen molar-refractivity contribution in [2.45, 2.75) is 33.2 Å². The summed E-state index contributed by atoms with van der Waals surface area (Å²) >= 11 is 0. The molecule has 0 saturated carbocycles. The minimum atomic E-state index is -1.11. The van der Waals surface area contributed by atoms with Gasteiger partial charge in [-0.25, -0.2) is 4.39 Å². The molecule has 19 heavy (non-hydrogen) atoms. The Hall–Kier alpha value is -1.91. The smallest absolute Gasteiger partial charge is 0.323 e. The Morgan fingerprint density at radius 1 is 1.42 bits per heavy atom. The van der Waals surface area contributed by atoms with Crippen molar-refractivity contribution in [3.8, 4) is 0 Å². The normalized spacial score (nSPS) is 12.0. The number of benzene rings is 1. The fraction of sp³-hybridized carbons (Fsp3) is 0.429. The lowest BCUT2D eigenvalue weighted by molar-refractivity contribution is -0.138. The Morgan fingerprint density at radius 2 is 2.05 bits per heavy atom. The molecule has 1 aromatic rings. The van der Waals surface area contributed by atoms with E-state index in [0.29, 0.717) is 12.0 Å². The highest BCUT2D eigenvalue weighted by Gasteiger charge is 2.25. The summed E-state index contributed by atoms with van der Waals surface area (Å²) in [6, 6.07) is 4.27. The molecule has 1 rings (SSSR count). The molecular formula is C14H18FNO3. The maximum absolute atomic E-state index is 13.9. The van der Waals surface area contributed by atoms with Crippen LogP contribution in [-0.2, 0) is 4.79 Å². The van der Waals surface area contributed by atoms with Crippen LogP contribution in [0.3, 0.4) is 0 Å². The Morgan fingerprint density at radius 3 is 2.58 bits per heavy atom. The molecule has 0 fully saturated rings. The SMILES string of the molecule is CC[C@@H](C)N(CC(=O)O)C(=O)c1cccc(C)c1F. The van der Waals surface area contributed by atoms with Gasteiger partial charge in [0.15, 0.2) is 0 Å². The lowest BCUT2D eigenvalue weighted by Gasteiger charge is -2.27. The van der Waals surface area contributed by atoms with Gasteiger partial charge in [0.1, 0.15) is 12.4 Å². The van der Waals surface area contributed by atoms with Crippen molar-refractivity contribution in [3.05, 3.63) is 35.1 Å². The summed E-state index contributed by atoms with van der Waals surface area (Å²) in [5, 5.41) is 8.86. The third-order valence-electron chi connectivity index (χ3n) is 3.11. The van der Waals surface area contributed by atoms with Gasteiger partial charge in [0, 0.05) is 6.04 Å². The predicted molar refractivity (Wildman–Crippen MR) is 69.6 cm³/mol. The van der Waals surface area contributed by atoms with Crippen LogP contribution in [0.15, 0.2) is 18.2 Å². The van der Waals surface area contributed by atoms with Gasteiger partial charge in [0.2, 0.25) is 0 Å². The van der Waals surface area contributed by atoms with E-state index in [1.165, 1.54) is 11.0 Å².